The van der Waals surface area contributed by atoms with E-state index in [2.05, 4.69) is 22.5 Å². The quantitative estimate of drug-likeness (QED) is 0.374. The van der Waals surface area contributed by atoms with Crippen molar-refractivity contribution in [3.8, 4) is 0 Å². The lowest BCUT2D eigenvalue weighted by molar-refractivity contribution is 0.685. The number of nitrogen functional groups attached to an aromatic ring is 1. The Morgan fingerprint density at radius 2 is 1.41 bits per heavy atom. The van der Waals surface area contributed by atoms with Crippen LogP contribution in [0, 0.1) is 0 Å². The molecular formula is C18H24N4. The fourth-order valence-electron chi connectivity index (χ4n) is 2.09. The molecule has 0 spiro atoms. The van der Waals surface area contributed by atoms with Crippen LogP contribution in [0.15, 0.2) is 58.8 Å². The number of anilines is 2. The number of benzene rings is 2. The summed E-state index contributed by atoms with van der Waals surface area (Å²) in [5.41, 5.74) is 9.14. The van der Waals surface area contributed by atoms with Gasteiger partial charge in [0, 0.05) is 17.9 Å². The van der Waals surface area contributed by atoms with E-state index < -0.39 is 0 Å². The molecule has 0 saturated heterocycles. The molecule has 2 aromatic carbocycles. The zero-order valence-corrected chi connectivity index (χ0v) is 13.1. The van der Waals surface area contributed by atoms with Crippen LogP contribution < -0.4 is 11.1 Å². The summed E-state index contributed by atoms with van der Waals surface area (Å²) in [5, 5.41) is 11.8. The predicted octanol–water partition coefficient (Wildman–Crippen LogP) is 5.68. The monoisotopic (exact) mass is 296 g/mol. The van der Waals surface area contributed by atoms with Crippen LogP contribution in [0.3, 0.4) is 0 Å². The minimum absolute atomic E-state index is 0.730. The summed E-state index contributed by atoms with van der Waals surface area (Å²) in [4.78, 5) is 0. The van der Waals surface area contributed by atoms with Crippen LogP contribution in [0.25, 0.3) is 0 Å². The molecule has 0 radical (unpaired) electrons. The molecule has 0 aliphatic heterocycles. The summed E-state index contributed by atoms with van der Waals surface area (Å²) >= 11 is 0. The van der Waals surface area contributed by atoms with E-state index in [1.165, 1.54) is 25.7 Å². The SMILES string of the molecule is CCCCCCNc1ccc(N=Nc2ccc(N)cc2)cc1. The summed E-state index contributed by atoms with van der Waals surface area (Å²) < 4.78 is 0. The highest BCUT2D eigenvalue weighted by Gasteiger charge is 1.94. The van der Waals surface area contributed by atoms with E-state index in [1.807, 2.05) is 48.5 Å². The molecule has 0 atom stereocenters. The van der Waals surface area contributed by atoms with Gasteiger partial charge in [0.2, 0.25) is 0 Å². The number of unbranched alkanes of at least 4 members (excludes halogenated alkanes) is 3. The molecule has 22 heavy (non-hydrogen) atoms. The van der Waals surface area contributed by atoms with Gasteiger partial charge in [0.05, 0.1) is 11.4 Å². The normalized spacial score (nSPS) is 11.0. The number of hydrogen-bond donors (Lipinski definition) is 2. The summed E-state index contributed by atoms with van der Waals surface area (Å²) in [6.45, 7) is 3.25. The van der Waals surface area contributed by atoms with Crippen molar-refractivity contribution in [3.63, 3.8) is 0 Å². The van der Waals surface area contributed by atoms with Crippen molar-refractivity contribution in [2.75, 3.05) is 17.6 Å². The van der Waals surface area contributed by atoms with Crippen LogP contribution in [-0.4, -0.2) is 6.54 Å². The Morgan fingerprint density at radius 1 is 0.818 bits per heavy atom. The highest BCUT2D eigenvalue weighted by Crippen LogP contribution is 2.21. The van der Waals surface area contributed by atoms with Crippen LogP contribution in [0.5, 0.6) is 0 Å². The van der Waals surface area contributed by atoms with Gasteiger partial charge in [-0.15, -0.1) is 0 Å². The van der Waals surface area contributed by atoms with Crippen LogP contribution >= 0.6 is 0 Å². The summed E-state index contributed by atoms with van der Waals surface area (Å²) in [6.07, 6.45) is 5.09. The van der Waals surface area contributed by atoms with E-state index in [-0.39, 0.29) is 0 Å². The number of rotatable bonds is 8. The maximum Gasteiger partial charge on any atom is 0.0858 e. The first-order valence-corrected chi connectivity index (χ1v) is 7.89. The summed E-state index contributed by atoms with van der Waals surface area (Å²) in [7, 11) is 0. The Kier molecular flexibility index (Phi) is 6.42. The Labute approximate surface area is 132 Å². The number of hydrogen-bond acceptors (Lipinski definition) is 4. The molecule has 0 aliphatic carbocycles. The molecule has 0 fully saturated rings. The molecule has 2 aromatic rings. The number of nitrogens with two attached hydrogens (primary N) is 1. The van der Waals surface area contributed by atoms with Gasteiger partial charge in [-0.2, -0.15) is 10.2 Å². The van der Waals surface area contributed by atoms with Crippen molar-refractivity contribution in [1.29, 1.82) is 0 Å². The van der Waals surface area contributed by atoms with Crippen LogP contribution in [-0.2, 0) is 0 Å². The van der Waals surface area contributed by atoms with Crippen molar-refractivity contribution in [2.45, 2.75) is 32.6 Å². The minimum atomic E-state index is 0.730. The molecule has 0 unspecified atom stereocenters. The molecule has 0 aromatic heterocycles. The number of nitrogens with zero attached hydrogens (tertiary/aromatic N) is 2. The molecule has 0 heterocycles. The standard InChI is InChI=1S/C18H24N4/c1-2-3-4-5-14-20-16-10-12-18(13-11-16)22-21-17-8-6-15(19)7-9-17/h6-13,20H,2-5,14,19H2,1H3. The van der Waals surface area contributed by atoms with Crippen LogP contribution in [0.1, 0.15) is 32.6 Å². The molecule has 2 rings (SSSR count). The molecule has 4 nitrogen and oxygen atoms in total. The first kappa shape index (κ1) is 16.0. The summed E-state index contributed by atoms with van der Waals surface area (Å²) in [6, 6.07) is 15.4. The Hall–Kier alpha value is -2.36. The molecule has 116 valence electrons. The third kappa shape index (κ3) is 5.56. The minimum Gasteiger partial charge on any atom is -0.399 e. The largest absolute Gasteiger partial charge is 0.399 e. The second-order valence-electron chi connectivity index (χ2n) is 5.33. The van der Waals surface area contributed by atoms with Crippen molar-refractivity contribution in [1.82, 2.24) is 0 Å². The third-order valence-electron chi connectivity index (χ3n) is 3.40. The van der Waals surface area contributed by atoms with E-state index in [0.29, 0.717) is 0 Å². The lowest BCUT2D eigenvalue weighted by Crippen LogP contribution is -2.00. The topological polar surface area (TPSA) is 62.8 Å². The molecular weight excluding hydrogens is 272 g/mol. The molecule has 4 heteroatoms. The van der Waals surface area contributed by atoms with Gasteiger partial charge in [0.15, 0.2) is 0 Å². The van der Waals surface area contributed by atoms with Crippen molar-refractivity contribution in [3.05, 3.63) is 48.5 Å². The maximum atomic E-state index is 5.64. The third-order valence-corrected chi connectivity index (χ3v) is 3.40. The first-order valence-electron chi connectivity index (χ1n) is 7.89. The number of nitrogens with one attached hydrogen (secondary N) is 1. The zero-order valence-electron chi connectivity index (χ0n) is 13.1. The Morgan fingerprint density at radius 3 is 2.00 bits per heavy atom. The first-order chi connectivity index (χ1) is 10.8. The van der Waals surface area contributed by atoms with Gasteiger partial charge in [-0.1, -0.05) is 26.2 Å². The van der Waals surface area contributed by atoms with Crippen molar-refractivity contribution < 1.29 is 0 Å². The summed E-state index contributed by atoms with van der Waals surface area (Å²) in [5.74, 6) is 0. The Balaban J connectivity index is 1.82. The highest BCUT2D eigenvalue weighted by molar-refractivity contribution is 5.51. The lowest BCUT2D eigenvalue weighted by Gasteiger charge is -2.05. The van der Waals surface area contributed by atoms with E-state index in [9.17, 15) is 0 Å². The second-order valence-corrected chi connectivity index (χ2v) is 5.33. The smallest absolute Gasteiger partial charge is 0.0858 e. The van der Waals surface area contributed by atoms with E-state index in [4.69, 9.17) is 5.73 Å². The van der Waals surface area contributed by atoms with Crippen LogP contribution in [0.2, 0.25) is 0 Å². The van der Waals surface area contributed by atoms with Gasteiger partial charge in [-0.05, 0) is 55.0 Å². The zero-order chi connectivity index (χ0) is 15.6. The fourth-order valence-corrected chi connectivity index (χ4v) is 2.09. The van der Waals surface area contributed by atoms with Gasteiger partial charge in [-0.25, -0.2) is 0 Å². The maximum absolute atomic E-state index is 5.64. The predicted molar refractivity (Wildman–Crippen MR) is 94.1 cm³/mol. The van der Waals surface area contributed by atoms with E-state index in [0.717, 1.165) is 29.3 Å². The van der Waals surface area contributed by atoms with E-state index in [1.54, 1.807) is 0 Å². The van der Waals surface area contributed by atoms with Crippen molar-refractivity contribution in [2.24, 2.45) is 10.2 Å². The highest BCUT2D eigenvalue weighted by atomic mass is 15.1. The molecule has 0 bridgehead atoms. The van der Waals surface area contributed by atoms with Crippen molar-refractivity contribution >= 4 is 22.7 Å². The average Bonchev–Trinajstić information content (AvgIpc) is 2.55. The van der Waals surface area contributed by atoms with Gasteiger partial charge in [0.1, 0.15) is 0 Å². The van der Waals surface area contributed by atoms with Gasteiger partial charge in [-0.3, -0.25) is 0 Å². The second kappa shape index (κ2) is 8.82. The van der Waals surface area contributed by atoms with Gasteiger partial charge >= 0.3 is 0 Å². The van der Waals surface area contributed by atoms with E-state index >= 15 is 0 Å². The van der Waals surface area contributed by atoms with Crippen LogP contribution in [0.4, 0.5) is 22.7 Å². The molecule has 3 N–H and O–H groups in total. The van der Waals surface area contributed by atoms with Gasteiger partial charge in [0.25, 0.3) is 0 Å². The van der Waals surface area contributed by atoms with Gasteiger partial charge < -0.3 is 11.1 Å². The average molecular weight is 296 g/mol. The Bertz CT molecular complexity index is 573. The number of azo groups is 1. The lowest BCUT2D eigenvalue weighted by atomic mass is 10.2. The molecule has 0 amide bonds. The molecule has 0 aliphatic rings. The fraction of sp³-hybridized carbons (Fsp3) is 0.333. The molecule has 0 saturated carbocycles.